The number of carbonyl (C=O) groups excluding carboxylic acids is 1. The van der Waals surface area contributed by atoms with Gasteiger partial charge in [-0.05, 0) is 32.0 Å². The Morgan fingerprint density at radius 1 is 1.78 bits per heavy atom. The first-order valence-corrected chi connectivity index (χ1v) is 3.42. The van der Waals surface area contributed by atoms with Crippen LogP contribution in [0.4, 0.5) is 0 Å². The van der Waals surface area contributed by atoms with Gasteiger partial charge in [-0.1, -0.05) is 0 Å². The van der Waals surface area contributed by atoms with Crippen LogP contribution in [0.15, 0.2) is 0 Å². The van der Waals surface area contributed by atoms with Crippen molar-refractivity contribution in [3.63, 3.8) is 0 Å². The second-order valence-corrected chi connectivity index (χ2v) is 2.94. The topological polar surface area (TPSA) is 20.3 Å². The van der Waals surface area contributed by atoms with E-state index in [-0.39, 0.29) is 11.3 Å². The lowest BCUT2D eigenvalue weighted by Gasteiger charge is -2.42. The molecule has 0 aromatic carbocycles. The maximum atomic E-state index is 10.5. The number of rotatable bonds is 1. The molecule has 1 aliphatic rings. The lowest BCUT2D eigenvalue weighted by Crippen LogP contribution is -2.54. The number of halogens is 1. The predicted molar refractivity (Wildman–Crippen MR) is 36.5 cm³/mol. The zero-order chi connectivity index (χ0) is 7.02. The standard InChI is InChI=1S/C6H10ClNO/c1-4-3-5(6(7)9)8(4)2/h4-5H,3H2,1-2H3/t4-,5-/m0/s1. The van der Waals surface area contributed by atoms with Crippen LogP contribution in [0.5, 0.6) is 0 Å². The Morgan fingerprint density at radius 2 is 2.33 bits per heavy atom. The van der Waals surface area contributed by atoms with Crippen LogP contribution >= 0.6 is 11.6 Å². The summed E-state index contributed by atoms with van der Waals surface area (Å²) in [7, 11) is 1.92. The molecule has 0 radical (unpaired) electrons. The number of hydrogen-bond acceptors (Lipinski definition) is 2. The first kappa shape index (κ1) is 7.03. The molecule has 1 saturated heterocycles. The van der Waals surface area contributed by atoms with Gasteiger partial charge in [0.25, 0.3) is 0 Å². The normalized spacial score (nSPS) is 35.9. The van der Waals surface area contributed by atoms with Crippen molar-refractivity contribution < 1.29 is 4.79 Å². The van der Waals surface area contributed by atoms with Crippen LogP contribution in [0.1, 0.15) is 13.3 Å². The van der Waals surface area contributed by atoms with Gasteiger partial charge in [0, 0.05) is 6.04 Å². The van der Waals surface area contributed by atoms with E-state index in [4.69, 9.17) is 11.6 Å². The molecular weight excluding hydrogens is 138 g/mol. The molecule has 0 aromatic rings. The molecule has 0 unspecified atom stereocenters. The summed E-state index contributed by atoms with van der Waals surface area (Å²) in [6.07, 6.45) is 0.916. The third-order valence-electron chi connectivity index (χ3n) is 2.01. The van der Waals surface area contributed by atoms with Gasteiger partial charge in [-0.3, -0.25) is 9.69 Å². The Hall–Kier alpha value is -0.0800. The minimum absolute atomic E-state index is 0.0123. The largest absolute Gasteiger partial charge is 0.293 e. The summed E-state index contributed by atoms with van der Waals surface area (Å²) in [5.74, 6) is 0. The predicted octanol–water partition coefficient (Wildman–Crippen LogP) is 0.844. The summed E-state index contributed by atoms with van der Waals surface area (Å²) in [4.78, 5) is 12.5. The molecule has 9 heavy (non-hydrogen) atoms. The molecule has 0 N–H and O–H groups in total. The van der Waals surface area contributed by atoms with Gasteiger partial charge in [-0.25, -0.2) is 0 Å². The average Bonchev–Trinajstić information content (AvgIpc) is 1.81. The van der Waals surface area contributed by atoms with Crippen molar-refractivity contribution in [3.8, 4) is 0 Å². The fourth-order valence-corrected chi connectivity index (χ4v) is 1.32. The van der Waals surface area contributed by atoms with Crippen LogP contribution in [-0.4, -0.2) is 29.3 Å². The molecule has 0 bridgehead atoms. The van der Waals surface area contributed by atoms with E-state index < -0.39 is 0 Å². The summed E-state index contributed by atoms with van der Waals surface area (Å²) < 4.78 is 0. The smallest absolute Gasteiger partial charge is 0.238 e. The van der Waals surface area contributed by atoms with Crippen molar-refractivity contribution in [3.05, 3.63) is 0 Å². The van der Waals surface area contributed by atoms with Gasteiger partial charge in [0.2, 0.25) is 5.24 Å². The summed E-state index contributed by atoms with van der Waals surface area (Å²) in [6.45, 7) is 2.08. The Bertz CT molecular complexity index is 137. The molecule has 1 heterocycles. The van der Waals surface area contributed by atoms with Crippen LogP contribution in [0, 0.1) is 0 Å². The van der Waals surface area contributed by atoms with E-state index in [9.17, 15) is 4.79 Å². The highest BCUT2D eigenvalue weighted by Crippen LogP contribution is 2.24. The quantitative estimate of drug-likeness (QED) is 0.513. The van der Waals surface area contributed by atoms with Crippen LogP contribution in [-0.2, 0) is 4.79 Å². The zero-order valence-corrected chi connectivity index (χ0v) is 6.35. The first-order valence-electron chi connectivity index (χ1n) is 3.04. The van der Waals surface area contributed by atoms with E-state index in [0.717, 1.165) is 6.42 Å². The monoisotopic (exact) mass is 147 g/mol. The molecule has 1 rings (SSSR count). The second-order valence-electron chi connectivity index (χ2n) is 2.57. The molecule has 2 nitrogen and oxygen atoms in total. The van der Waals surface area contributed by atoms with Gasteiger partial charge in [-0.15, -0.1) is 0 Å². The first-order chi connectivity index (χ1) is 4.13. The Kier molecular flexibility index (Phi) is 1.78. The Balaban J connectivity index is 2.42. The Morgan fingerprint density at radius 3 is 2.44 bits per heavy atom. The Labute approximate surface area is 59.8 Å². The minimum atomic E-state index is -0.226. The van der Waals surface area contributed by atoms with E-state index in [2.05, 4.69) is 6.92 Å². The van der Waals surface area contributed by atoms with E-state index >= 15 is 0 Å². The van der Waals surface area contributed by atoms with Crippen LogP contribution < -0.4 is 0 Å². The number of hydrogen-bond donors (Lipinski definition) is 0. The van der Waals surface area contributed by atoms with E-state index in [1.165, 1.54) is 0 Å². The van der Waals surface area contributed by atoms with Gasteiger partial charge in [-0.2, -0.15) is 0 Å². The van der Waals surface area contributed by atoms with Crippen molar-refractivity contribution in [1.29, 1.82) is 0 Å². The molecule has 0 aliphatic carbocycles. The number of carbonyl (C=O) groups is 1. The molecular formula is C6H10ClNO. The van der Waals surface area contributed by atoms with E-state index in [0.29, 0.717) is 6.04 Å². The average molecular weight is 148 g/mol. The molecule has 1 aliphatic heterocycles. The number of likely N-dealkylation sites (tertiary alicyclic amines) is 1. The van der Waals surface area contributed by atoms with Crippen LogP contribution in [0.3, 0.4) is 0 Å². The van der Waals surface area contributed by atoms with Gasteiger partial charge in [0.05, 0.1) is 6.04 Å². The molecule has 2 atom stereocenters. The highest BCUT2D eigenvalue weighted by Gasteiger charge is 2.35. The SMILES string of the molecule is C[C@H]1C[C@@H](C(=O)Cl)N1C. The zero-order valence-electron chi connectivity index (χ0n) is 5.60. The summed E-state index contributed by atoms with van der Waals surface area (Å²) in [6, 6.07) is 0.513. The molecule has 0 saturated carbocycles. The number of nitrogens with zero attached hydrogens (tertiary/aromatic N) is 1. The summed E-state index contributed by atoms with van der Waals surface area (Å²) in [5.41, 5.74) is 0. The molecule has 0 spiro atoms. The summed E-state index contributed by atoms with van der Waals surface area (Å²) in [5, 5.41) is -0.226. The van der Waals surface area contributed by atoms with Gasteiger partial charge >= 0.3 is 0 Å². The van der Waals surface area contributed by atoms with Crippen molar-refractivity contribution in [2.45, 2.75) is 25.4 Å². The molecule has 0 amide bonds. The minimum Gasteiger partial charge on any atom is -0.293 e. The van der Waals surface area contributed by atoms with Crippen LogP contribution in [0.25, 0.3) is 0 Å². The lowest BCUT2D eigenvalue weighted by atomic mass is 9.97. The lowest BCUT2D eigenvalue weighted by molar-refractivity contribution is -0.122. The second kappa shape index (κ2) is 2.27. The maximum absolute atomic E-state index is 10.5. The van der Waals surface area contributed by atoms with Crippen molar-refractivity contribution in [2.24, 2.45) is 0 Å². The molecule has 52 valence electrons. The molecule has 0 aromatic heterocycles. The molecule has 1 fully saturated rings. The third kappa shape index (κ3) is 1.10. The van der Waals surface area contributed by atoms with E-state index in [1.54, 1.807) is 0 Å². The maximum Gasteiger partial charge on any atom is 0.238 e. The highest BCUT2D eigenvalue weighted by atomic mass is 35.5. The van der Waals surface area contributed by atoms with Crippen molar-refractivity contribution in [2.75, 3.05) is 7.05 Å². The fraction of sp³-hybridized carbons (Fsp3) is 0.833. The third-order valence-corrected chi connectivity index (χ3v) is 2.27. The fourth-order valence-electron chi connectivity index (χ4n) is 1.08. The molecule has 3 heteroatoms. The van der Waals surface area contributed by atoms with Crippen LogP contribution in [0.2, 0.25) is 0 Å². The van der Waals surface area contributed by atoms with Gasteiger partial charge in [0.15, 0.2) is 0 Å². The van der Waals surface area contributed by atoms with E-state index in [1.807, 2.05) is 11.9 Å². The highest BCUT2D eigenvalue weighted by molar-refractivity contribution is 6.64. The number of likely N-dealkylation sites (N-methyl/N-ethyl adjacent to an activating group) is 1. The summed E-state index contributed by atoms with van der Waals surface area (Å²) >= 11 is 5.26. The van der Waals surface area contributed by atoms with Crippen molar-refractivity contribution in [1.82, 2.24) is 4.90 Å². The van der Waals surface area contributed by atoms with Gasteiger partial charge in [0.1, 0.15) is 0 Å². The van der Waals surface area contributed by atoms with Crippen molar-refractivity contribution >= 4 is 16.8 Å². The van der Waals surface area contributed by atoms with Gasteiger partial charge < -0.3 is 0 Å².